The standard InChI is InChI=1S/C30H37FN3O3/c1-21-12-13-25(18-26(21)31)36-27-19-34(16-14-22(27)15-17-34)20-28-32-33-29(37-28)30(35,23-8-4-2-5-9-23)24-10-6-3-7-11-24/h2,4-5,8-9,12-13,18,22,24,27,35H,3,6-7,10-11,14-17,19-20H2,1H3/q+1/t22?,27-,30-,34?/m0/s1. The first kappa shape index (κ1) is 24.6. The van der Waals surface area contributed by atoms with Crippen molar-refractivity contribution in [3.63, 3.8) is 0 Å². The third-order valence-electron chi connectivity index (χ3n) is 9.15. The van der Waals surface area contributed by atoms with Crippen molar-refractivity contribution in [2.75, 3.05) is 19.6 Å². The lowest BCUT2D eigenvalue weighted by Crippen LogP contribution is -2.64. The van der Waals surface area contributed by atoms with E-state index in [4.69, 9.17) is 9.15 Å². The summed E-state index contributed by atoms with van der Waals surface area (Å²) in [5, 5.41) is 21.0. The SMILES string of the molecule is Cc1ccc(O[C@H]2C[N+]3(Cc4nnc([C@](O)(c5ccccc5)C5CCCCC5)o4)CCC2CC3)cc1F. The molecule has 196 valence electrons. The zero-order valence-electron chi connectivity index (χ0n) is 21.6. The minimum absolute atomic E-state index is 0.0375. The summed E-state index contributed by atoms with van der Waals surface area (Å²) in [4.78, 5) is 0. The summed E-state index contributed by atoms with van der Waals surface area (Å²) in [7, 11) is 0. The second-order valence-corrected chi connectivity index (χ2v) is 11.5. The van der Waals surface area contributed by atoms with Crippen molar-refractivity contribution in [1.82, 2.24) is 10.2 Å². The number of fused-ring (bicyclic) bond motifs is 3. The zero-order valence-corrected chi connectivity index (χ0v) is 21.6. The van der Waals surface area contributed by atoms with Crippen LogP contribution in [0.3, 0.4) is 0 Å². The Bertz CT molecular complexity index is 1220. The van der Waals surface area contributed by atoms with Crippen LogP contribution in [0.1, 0.15) is 67.9 Å². The Balaban J connectivity index is 1.23. The first-order valence-electron chi connectivity index (χ1n) is 13.8. The first-order valence-corrected chi connectivity index (χ1v) is 13.8. The molecule has 7 heteroatoms. The number of benzene rings is 2. The average Bonchev–Trinajstić information content (AvgIpc) is 3.40. The summed E-state index contributed by atoms with van der Waals surface area (Å²) >= 11 is 0. The van der Waals surface area contributed by atoms with Crippen molar-refractivity contribution in [1.29, 1.82) is 0 Å². The normalized spacial score (nSPS) is 27.6. The molecule has 4 heterocycles. The number of hydrogen-bond donors (Lipinski definition) is 1. The number of ether oxygens (including phenoxy) is 1. The van der Waals surface area contributed by atoms with Gasteiger partial charge in [-0.3, -0.25) is 0 Å². The Labute approximate surface area is 218 Å². The Morgan fingerprint density at radius 1 is 1.03 bits per heavy atom. The van der Waals surface area contributed by atoms with Crippen molar-refractivity contribution in [3.05, 3.63) is 77.3 Å². The smallest absolute Gasteiger partial charge is 0.271 e. The third-order valence-corrected chi connectivity index (χ3v) is 9.15. The van der Waals surface area contributed by atoms with E-state index in [2.05, 4.69) is 10.2 Å². The highest BCUT2D eigenvalue weighted by Gasteiger charge is 2.49. The predicted octanol–water partition coefficient (Wildman–Crippen LogP) is 5.52. The fourth-order valence-electron chi connectivity index (χ4n) is 6.90. The molecule has 1 aliphatic carbocycles. The molecule has 2 atom stereocenters. The van der Waals surface area contributed by atoms with Gasteiger partial charge in [-0.1, -0.05) is 55.7 Å². The maximum Gasteiger partial charge on any atom is 0.271 e. The van der Waals surface area contributed by atoms with E-state index < -0.39 is 5.60 Å². The van der Waals surface area contributed by atoms with Gasteiger partial charge in [0.15, 0.2) is 18.2 Å². The summed E-state index contributed by atoms with van der Waals surface area (Å²) in [6, 6.07) is 14.9. The molecular weight excluding hydrogens is 469 g/mol. The third kappa shape index (κ3) is 4.68. The Hall–Kier alpha value is -2.77. The molecule has 6 nitrogen and oxygen atoms in total. The molecule has 3 aromatic rings. The van der Waals surface area contributed by atoms with Crippen LogP contribution in [0.15, 0.2) is 52.9 Å². The lowest BCUT2D eigenvalue weighted by molar-refractivity contribution is -0.959. The summed E-state index contributed by atoms with van der Waals surface area (Å²) < 4.78 is 27.6. The molecule has 1 saturated carbocycles. The number of piperidine rings is 3. The average molecular weight is 507 g/mol. The van der Waals surface area contributed by atoms with E-state index in [1.165, 1.54) is 12.5 Å². The topological polar surface area (TPSA) is 68.4 Å². The van der Waals surface area contributed by atoms with E-state index in [-0.39, 0.29) is 17.8 Å². The molecular formula is C30H37FN3O3+. The molecule has 3 saturated heterocycles. The summed E-state index contributed by atoms with van der Waals surface area (Å²) in [6.07, 6.45) is 7.48. The van der Waals surface area contributed by atoms with Gasteiger partial charge in [0.2, 0.25) is 0 Å². The van der Waals surface area contributed by atoms with Crippen molar-refractivity contribution in [3.8, 4) is 5.75 Å². The molecule has 4 aliphatic rings. The lowest BCUT2D eigenvalue weighted by Gasteiger charge is -2.51. The number of rotatable bonds is 7. The number of aliphatic hydroxyl groups is 1. The number of aromatic nitrogens is 2. The van der Waals surface area contributed by atoms with Gasteiger partial charge >= 0.3 is 0 Å². The molecule has 0 amide bonds. The van der Waals surface area contributed by atoms with Gasteiger partial charge in [0.1, 0.15) is 18.1 Å². The van der Waals surface area contributed by atoms with Crippen molar-refractivity contribution >= 4 is 0 Å². The molecule has 0 spiro atoms. The van der Waals surface area contributed by atoms with E-state index >= 15 is 0 Å². The minimum Gasteiger partial charge on any atom is -0.484 e. The van der Waals surface area contributed by atoms with E-state index in [1.807, 2.05) is 36.4 Å². The van der Waals surface area contributed by atoms with Gasteiger partial charge in [0.05, 0.1) is 13.1 Å². The molecule has 1 aromatic heterocycles. The van der Waals surface area contributed by atoms with Gasteiger partial charge in [0.25, 0.3) is 11.8 Å². The van der Waals surface area contributed by atoms with Crippen LogP contribution in [-0.2, 0) is 12.1 Å². The maximum atomic E-state index is 14.1. The van der Waals surface area contributed by atoms with Gasteiger partial charge < -0.3 is 18.7 Å². The quantitative estimate of drug-likeness (QED) is 0.427. The van der Waals surface area contributed by atoms with Crippen LogP contribution in [0, 0.1) is 24.6 Å². The molecule has 1 N–H and O–H groups in total. The predicted molar refractivity (Wildman–Crippen MR) is 137 cm³/mol. The molecule has 2 aromatic carbocycles. The van der Waals surface area contributed by atoms with E-state index in [0.717, 1.165) is 68.2 Å². The summed E-state index contributed by atoms with van der Waals surface area (Å²) in [5.74, 6) is 1.79. The Kier molecular flexibility index (Phi) is 6.53. The van der Waals surface area contributed by atoms with Crippen LogP contribution >= 0.6 is 0 Å². The van der Waals surface area contributed by atoms with Crippen LogP contribution in [-0.4, -0.2) is 45.5 Å². The number of nitrogens with zero attached hydrogens (tertiary/aromatic N) is 3. The summed E-state index contributed by atoms with van der Waals surface area (Å²) in [6.45, 7) is 5.30. The number of halogens is 1. The molecule has 0 unspecified atom stereocenters. The Morgan fingerprint density at radius 3 is 2.51 bits per heavy atom. The van der Waals surface area contributed by atoms with E-state index in [1.54, 1.807) is 13.0 Å². The highest BCUT2D eigenvalue weighted by Crippen LogP contribution is 2.44. The van der Waals surface area contributed by atoms with Crippen molar-refractivity contribution < 1.29 is 23.1 Å². The highest BCUT2D eigenvalue weighted by atomic mass is 19.1. The number of hydrogen-bond acceptors (Lipinski definition) is 5. The first-order chi connectivity index (χ1) is 18.0. The molecule has 4 fully saturated rings. The van der Waals surface area contributed by atoms with Crippen molar-refractivity contribution in [2.45, 2.75) is 70.1 Å². The molecule has 3 aliphatic heterocycles. The fourth-order valence-corrected chi connectivity index (χ4v) is 6.90. The van der Waals surface area contributed by atoms with Gasteiger partial charge in [-0.05, 0) is 37.0 Å². The number of aryl methyl sites for hydroxylation is 1. The van der Waals surface area contributed by atoms with Crippen LogP contribution in [0.4, 0.5) is 4.39 Å². The van der Waals surface area contributed by atoms with Gasteiger partial charge in [-0.15, -0.1) is 10.2 Å². The second-order valence-electron chi connectivity index (χ2n) is 11.5. The highest BCUT2D eigenvalue weighted by molar-refractivity contribution is 5.30. The Morgan fingerprint density at radius 2 is 1.78 bits per heavy atom. The van der Waals surface area contributed by atoms with E-state index in [9.17, 15) is 9.50 Å². The molecule has 0 radical (unpaired) electrons. The van der Waals surface area contributed by atoms with Gasteiger partial charge in [0, 0.05) is 30.7 Å². The summed E-state index contributed by atoms with van der Waals surface area (Å²) in [5.41, 5.74) is 0.172. The van der Waals surface area contributed by atoms with E-state index in [0.29, 0.717) is 35.6 Å². The fraction of sp³-hybridized carbons (Fsp3) is 0.533. The lowest BCUT2D eigenvalue weighted by atomic mass is 9.73. The second kappa shape index (κ2) is 9.84. The monoisotopic (exact) mass is 506 g/mol. The van der Waals surface area contributed by atoms with Crippen LogP contribution in [0.2, 0.25) is 0 Å². The largest absolute Gasteiger partial charge is 0.484 e. The van der Waals surface area contributed by atoms with Crippen molar-refractivity contribution in [2.24, 2.45) is 11.8 Å². The molecule has 7 rings (SSSR count). The van der Waals surface area contributed by atoms with Crippen LogP contribution < -0.4 is 4.74 Å². The van der Waals surface area contributed by atoms with Crippen LogP contribution in [0.25, 0.3) is 0 Å². The molecule has 37 heavy (non-hydrogen) atoms. The van der Waals surface area contributed by atoms with Gasteiger partial charge in [-0.2, -0.15) is 0 Å². The van der Waals surface area contributed by atoms with Gasteiger partial charge in [-0.25, -0.2) is 4.39 Å². The minimum atomic E-state index is -1.27. The maximum absolute atomic E-state index is 14.1. The number of quaternary nitrogens is 1. The molecule has 2 bridgehead atoms. The van der Waals surface area contributed by atoms with Crippen LogP contribution in [0.5, 0.6) is 5.75 Å². The zero-order chi connectivity index (χ0) is 25.5.